The van der Waals surface area contributed by atoms with Gasteiger partial charge in [-0.3, -0.25) is 4.90 Å². The van der Waals surface area contributed by atoms with Crippen LogP contribution in [0.3, 0.4) is 0 Å². The number of likely N-dealkylation sites (tertiary alicyclic amines) is 1. The second-order valence-electron chi connectivity index (χ2n) is 4.80. The van der Waals surface area contributed by atoms with Crippen molar-refractivity contribution >= 4 is 0 Å². The Morgan fingerprint density at radius 3 is 2.75 bits per heavy atom. The average Bonchev–Trinajstić information content (AvgIpc) is 2.50. The maximum absolute atomic E-state index is 3.55. The molecule has 2 nitrogen and oxygen atoms in total. The largest absolute Gasteiger partial charge is 0.313 e. The van der Waals surface area contributed by atoms with Gasteiger partial charge >= 0.3 is 0 Å². The van der Waals surface area contributed by atoms with Crippen LogP contribution in [-0.2, 0) is 0 Å². The summed E-state index contributed by atoms with van der Waals surface area (Å²) in [4.78, 5) is 2.61. The van der Waals surface area contributed by atoms with Gasteiger partial charge in [0.15, 0.2) is 0 Å². The molecule has 2 saturated heterocycles. The predicted molar refractivity (Wildman–Crippen MR) is 51.3 cm³/mol. The van der Waals surface area contributed by atoms with Gasteiger partial charge < -0.3 is 5.32 Å². The third-order valence-corrected chi connectivity index (χ3v) is 3.45. The molecule has 0 aliphatic carbocycles. The molecule has 0 aromatic heterocycles. The van der Waals surface area contributed by atoms with Gasteiger partial charge in [0.2, 0.25) is 0 Å². The van der Waals surface area contributed by atoms with Gasteiger partial charge in [0.05, 0.1) is 0 Å². The molecule has 0 saturated carbocycles. The Labute approximate surface area is 75.3 Å². The van der Waals surface area contributed by atoms with Crippen molar-refractivity contribution in [3.05, 3.63) is 0 Å². The molecule has 0 aromatic rings. The summed E-state index contributed by atoms with van der Waals surface area (Å²) < 4.78 is 0. The SMILES string of the molecule is CC1(C)CCN1C[C@@H]1CCCN1. The highest BCUT2D eigenvalue weighted by atomic mass is 15.3. The molecule has 2 aliphatic heterocycles. The summed E-state index contributed by atoms with van der Waals surface area (Å²) in [5.74, 6) is 0. The minimum Gasteiger partial charge on any atom is -0.313 e. The first kappa shape index (κ1) is 8.52. The van der Waals surface area contributed by atoms with Crippen LogP contribution in [0.25, 0.3) is 0 Å². The predicted octanol–water partition coefficient (Wildman–Crippen LogP) is 1.22. The number of hydrogen-bond acceptors (Lipinski definition) is 2. The second-order valence-corrected chi connectivity index (χ2v) is 4.80. The van der Waals surface area contributed by atoms with E-state index in [-0.39, 0.29) is 0 Å². The Morgan fingerprint density at radius 2 is 2.33 bits per heavy atom. The summed E-state index contributed by atoms with van der Waals surface area (Å²) in [5, 5.41) is 3.55. The van der Waals surface area contributed by atoms with Crippen LogP contribution in [0.2, 0.25) is 0 Å². The molecule has 1 atom stereocenters. The number of nitrogens with zero attached hydrogens (tertiary/aromatic N) is 1. The summed E-state index contributed by atoms with van der Waals surface area (Å²) in [5.41, 5.74) is 0.490. The molecule has 1 N–H and O–H groups in total. The molecule has 2 rings (SSSR count). The fraction of sp³-hybridized carbons (Fsp3) is 1.00. The third kappa shape index (κ3) is 1.50. The zero-order chi connectivity index (χ0) is 8.60. The van der Waals surface area contributed by atoms with E-state index in [4.69, 9.17) is 0 Å². The minimum atomic E-state index is 0.490. The van der Waals surface area contributed by atoms with Gasteiger partial charge in [0.1, 0.15) is 0 Å². The van der Waals surface area contributed by atoms with Gasteiger partial charge in [-0.15, -0.1) is 0 Å². The standard InChI is InChI=1S/C10H20N2/c1-10(2)5-7-12(10)8-9-4-3-6-11-9/h9,11H,3-8H2,1-2H3/t9-/m0/s1. The van der Waals surface area contributed by atoms with E-state index in [1.807, 2.05) is 0 Å². The maximum Gasteiger partial charge on any atom is 0.0195 e. The van der Waals surface area contributed by atoms with E-state index >= 15 is 0 Å². The van der Waals surface area contributed by atoms with Crippen LogP contribution in [0.15, 0.2) is 0 Å². The molecule has 70 valence electrons. The summed E-state index contributed by atoms with van der Waals surface area (Å²) >= 11 is 0. The number of hydrogen-bond donors (Lipinski definition) is 1. The van der Waals surface area contributed by atoms with Crippen LogP contribution in [0.4, 0.5) is 0 Å². The molecule has 2 heterocycles. The van der Waals surface area contributed by atoms with E-state index < -0.39 is 0 Å². The molecule has 0 spiro atoms. The van der Waals surface area contributed by atoms with E-state index in [1.54, 1.807) is 0 Å². The molecule has 2 heteroatoms. The Hall–Kier alpha value is -0.0800. The smallest absolute Gasteiger partial charge is 0.0195 e. The summed E-state index contributed by atoms with van der Waals surface area (Å²) in [7, 11) is 0. The van der Waals surface area contributed by atoms with Crippen molar-refractivity contribution in [1.29, 1.82) is 0 Å². The van der Waals surface area contributed by atoms with E-state index in [0.29, 0.717) is 5.54 Å². The van der Waals surface area contributed by atoms with Crippen molar-refractivity contribution in [3.8, 4) is 0 Å². The van der Waals surface area contributed by atoms with Crippen LogP contribution in [0, 0.1) is 0 Å². The third-order valence-electron chi connectivity index (χ3n) is 3.45. The quantitative estimate of drug-likeness (QED) is 0.667. The van der Waals surface area contributed by atoms with E-state index in [0.717, 1.165) is 6.04 Å². The van der Waals surface area contributed by atoms with Gasteiger partial charge in [-0.25, -0.2) is 0 Å². The fourth-order valence-corrected chi connectivity index (χ4v) is 2.23. The van der Waals surface area contributed by atoms with Crippen LogP contribution < -0.4 is 5.32 Å². The van der Waals surface area contributed by atoms with Crippen molar-refractivity contribution < 1.29 is 0 Å². The lowest BCUT2D eigenvalue weighted by Gasteiger charge is -2.49. The normalized spacial score (nSPS) is 35.0. The highest BCUT2D eigenvalue weighted by molar-refractivity contribution is 4.94. The molecule has 2 aliphatic rings. The average molecular weight is 168 g/mol. The van der Waals surface area contributed by atoms with Crippen molar-refractivity contribution in [2.75, 3.05) is 19.6 Å². The van der Waals surface area contributed by atoms with Gasteiger partial charge in [0.25, 0.3) is 0 Å². The topological polar surface area (TPSA) is 15.3 Å². The van der Waals surface area contributed by atoms with Crippen molar-refractivity contribution in [1.82, 2.24) is 10.2 Å². The first-order valence-electron chi connectivity index (χ1n) is 5.17. The molecule has 0 unspecified atom stereocenters. The van der Waals surface area contributed by atoms with E-state index in [1.165, 1.54) is 38.9 Å². The lowest BCUT2D eigenvalue weighted by Crippen LogP contribution is -2.58. The first-order valence-corrected chi connectivity index (χ1v) is 5.17. The van der Waals surface area contributed by atoms with Crippen LogP contribution >= 0.6 is 0 Å². The van der Waals surface area contributed by atoms with Crippen LogP contribution in [0.5, 0.6) is 0 Å². The molecular formula is C10H20N2. The lowest BCUT2D eigenvalue weighted by molar-refractivity contribution is 0.00927. The molecule has 12 heavy (non-hydrogen) atoms. The summed E-state index contributed by atoms with van der Waals surface area (Å²) in [6.07, 6.45) is 4.13. The Balaban J connectivity index is 1.79. The van der Waals surface area contributed by atoms with Crippen LogP contribution in [0.1, 0.15) is 33.1 Å². The van der Waals surface area contributed by atoms with E-state index in [2.05, 4.69) is 24.1 Å². The fourth-order valence-electron chi connectivity index (χ4n) is 2.23. The first-order chi connectivity index (χ1) is 5.68. The Kier molecular flexibility index (Phi) is 2.13. The Morgan fingerprint density at radius 1 is 1.50 bits per heavy atom. The second kappa shape index (κ2) is 3.00. The van der Waals surface area contributed by atoms with Gasteiger partial charge in [-0.2, -0.15) is 0 Å². The van der Waals surface area contributed by atoms with E-state index in [9.17, 15) is 0 Å². The molecule has 2 fully saturated rings. The highest BCUT2D eigenvalue weighted by Gasteiger charge is 2.36. The number of rotatable bonds is 2. The van der Waals surface area contributed by atoms with Crippen molar-refractivity contribution in [2.24, 2.45) is 0 Å². The van der Waals surface area contributed by atoms with Crippen molar-refractivity contribution in [3.63, 3.8) is 0 Å². The van der Waals surface area contributed by atoms with Crippen LogP contribution in [-0.4, -0.2) is 36.1 Å². The molecule has 0 bridgehead atoms. The van der Waals surface area contributed by atoms with Gasteiger partial charge in [0, 0.05) is 24.7 Å². The molecule has 0 radical (unpaired) electrons. The molecule has 0 aromatic carbocycles. The van der Waals surface area contributed by atoms with Gasteiger partial charge in [-0.05, 0) is 39.7 Å². The highest BCUT2D eigenvalue weighted by Crippen LogP contribution is 2.29. The zero-order valence-corrected chi connectivity index (χ0v) is 8.27. The Bertz CT molecular complexity index is 159. The maximum atomic E-state index is 3.55. The number of nitrogens with one attached hydrogen (secondary N) is 1. The lowest BCUT2D eigenvalue weighted by atomic mass is 9.88. The van der Waals surface area contributed by atoms with Crippen molar-refractivity contribution in [2.45, 2.75) is 44.7 Å². The summed E-state index contributed by atoms with van der Waals surface area (Å²) in [6, 6.07) is 0.782. The molecule has 0 amide bonds. The minimum absolute atomic E-state index is 0.490. The zero-order valence-electron chi connectivity index (χ0n) is 8.27. The molecular weight excluding hydrogens is 148 g/mol. The monoisotopic (exact) mass is 168 g/mol. The van der Waals surface area contributed by atoms with Gasteiger partial charge in [-0.1, -0.05) is 0 Å². The summed E-state index contributed by atoms with van der Waals surface area (Å²) in [6.45, 7) is 8.52.